The Balaban J connectivity index is 0.983. The number of rotatable bonds is 2. The predicted molar refractivity (Wildman–Crippen MR) is 378 cm³/mol. The molecule has 0 aliphatic heterocycles. The number of nitrogens with zero attached hydrogens (tertiary/aromatic N) is 1. The molecule has 0 N–H and O–H groups in total. The maximum absolute atomic E-state index is 17.4. The summed E-state index contributed by atoms with van der Waals surface area (Å²) < 4.78 is 2.52. The van der Waals surface area contributed by atoms with Crippen LogP contribution < -0.4 is 0 Å². The average Bonchev–Trinajstić information content (AvgIpc) is 1.52. The third kappa shape index (κ3) is 5.89. The largest absolute Gasteiger partial charge is 0.308 e. The van der Waals surface area contributed by atoms with Gasteiger partial charge in [-0.3, -0.25) is 9.59 Å². The molecule has 0 atom stereocenters. The fourth-order valence-electron chi connectivity index (χ4n) is 20.4. The van der Waals surface area contributed by atoms with Crippen molar-refractivity contribution in [3.05, 3.63) is 350 Å². The Kier molecular flexibility index (Phi) is 9.74. The summed E-state index contributed by atoms with van der Waals surface area (Å²) in [5.41, 5.74) is 31.0. The van der Waals surface area contributed by atoms with Gasteiger partial charge in [0.15, 0.2) is 11.6 Å². The molecule has 436 valence electrons. The summed E-state index contributed by atoms with van der Waals surface area (Å²) in [7, 11) is 0. The van der Waals surface area contributed by atoms with Gasteiger partial charge in [-0.2, -0.15) is 0 Å². The fraction of sp³-hybridized carbons (Fsp3) is 0.111. The van der Waals surface area contributed by atoms with Crippen LogP contribution in [0.3, 0.4) is 0 Å². The minimum Gasteiger partial charge on any atom is -0.308 e. The van der Waals surface area contributed by atoms with Gasteiger partial charge in [-0.25, -0.2) is 0 Å². The molecule has 15 aromatic rings. The minimum absolute atomic E-state index is 0.119. The topological polar surface area (TPSA) is 38.5 Å². The molecule has 0 bridgehead atoms. The van der Waals surface area contributed by atoms with E-state index in [0.717, 1.165) is 116 Å². The van der Waals surface area contributed by atoms with E-state index in [9.17, 15) is 0 Å². The Morgan fingerprint density at radius 3 is 0.796 bits per heavy atom. The summed E-state index contributed by atoms with van der Waals surface area (Å²) in [6, 6.07) is 96.5. The molecule has 6 aliphatic rings. The van der Waals surface area contributed by atoms with Crippen molar-refractivity contribution in [2.75, 3.05) is 0 Å². The van der Waals surface area contributed by atoms with E-state index in [-0.39, 0.29) is 11.6 Å². The lowest BCUT2D eigenvalue weighted by molar-refractivity contribution is 0.0871. The summed E-state index contributed by atoms with van der Waals surface area (Å²) >= 11 is 0. The molecule has 3 heteroatoms. The Morgan fingerprint density at radius 2 is 0.516 bits per heavy atom. The van der Waals surface area contributed by atoms with Gasteiger partial charge >= 0.3 is 0 Å². The fourth-order valence-corrected chi connectivity index (χ4v) is 20.4. The molecule has 2 aromatic heterocycles. The predicted octanol–water partition coefficient (Wildman–Crippen LogP) is 21.1. The molecule has 4 spiro atoms. The van der Waals surface area contributed by atoms with Crippen LogP contribution in [-0.2, 0) is 21.7 Å². The van der Waals surface area contributed by atoms with Gasteiger partial charge in [-0.05, 0) is 216 Å². The Morgan fingerprint density at radius 1 is 0.258 bits per heavy atom. The summed E-state index contributed by atoms with van der Waals surface area (Å²) in [6.07, 6.45) is 1.06. The van der Waals surface area contributed by atoms with Crippen molar-refractivity contribution < 1.29 is 9.59 Å². The zero-order chi connectivity index (χ0) is 61.8. The summed E-state index contributed by atoms with van der Waals surface area (Å²) in [6.45, 7) is 9.05. The summed E-state index contributed by atoms with van der Waals surface area (Å²) in [4.78, 5) is 34.8. The summed E-state index contributed by atoms with van der Waals surface area (Å²) in [5.74, 6) is 0.238. The number of carbonyl (C=O) groups excluding carboxylic acids is 2. The maximum atomic E-state index is 17.4. The highest BCUT2D eigenvalue weighted by molar-refractivity contribution is 6.33. The van der Waals surface area contributed by atoms with Crippen LogP contribution in [0.15, 0.2) is 261 Å². The highest BCUT2D eigenvalue weighted by atomic mass is 16.1. The highest BCUT2D eigenvalue weighted by Crippen LogP contribution is 2.69. The standard InChI is InChI=1S/C90H59NO2/c1-50-23-21-24-51(2)80(50)66-43-67(81-52(3)25-22-26-53(81)4)83-65-45-77-63(86(93)90(74-41-19-11-33-60(74)61-34-12-20-42-75(61)90)49-88(77)70-37-15-7-29-56(70)57-30-8-16-38-71(57)88)47-79(65)91-78-46-62-76(44-64(78)82(66)84(83)91)87(68-35-13-5-27-54(68)55-28-6-14-36-69(55)87)48-89(85(62)92)72-39-17-9-31-58(72)59-32-10-18-40-73(59)89/h5-47H,48-49H2,1-4H3. The van der Waals surface area contributed by atoms with Crippen LogP contribution in [0.5, 0.6) is 0 Å². The molecule has 6 aliphatic carbocycles. The minimum atomic E-state index is -1.03. The average molecular weight is 1190 g/mol. The van der Waals surface area contributed by atoms with Gasteiger partial charge in [-0.15, -0.1) is 0 Å². The number of aromatic nitrogens is 1. The van der Waals surface area contributed by atoms with Gasteiger partial charge in [0.2, 0.25) is 0 Å². The molecule has 2 heterocycles. The van der Waals surface area contributed by atoms with E-state index in [0.29, 0.717) is 12.8 Å². The zero-order valence-electron chi connectivity index (χ0n) is 52.0. The Labute approximate surface area is 539 Å². The zero-order valence-corrected chi connectivity index (χ0v) is 52.0. The third-order valence-electron chi connectivity index (χ3n) is 23.8. The van der Waals surface area contributed by atoms with E-state index in [1.165, 1.54) is 77.9 Å². The van der Waals surface area contributed by atoms with Crippen LogP contribution in [0.2, 0.25) is 0 Å². The second-order valence-corrected chi connectivity index (χ2v) is 27.8. The SMILES string of the molecule is Cc1cccc(C)c1-c1cc(-c2c(C)cccc2C)c2c3cc4c(cc3n3c5cc6c(cc5c1c23)C1(CC2(C6=O)c3ccccc3-c3ccccc32)c2ccccc2-c2ccccc21)C(=O)C1(CC42c3ccccc3-c3ccccc32)c2ccccc2-c2ccccc21. The van der Waals surface area contributed by atoms with E-state index in [4.69, 9.17) is 0 Å². The Hall–Kier alpha value is -11.0. The van der Waals surface area contributed by atoms with Gasteiger partial charge in [0.05, 0.1) is 27.4 Å². The molecule has 21 rings (SSSR count). The maximum Gasteiger partial charge on any atom is 0.178 e. The molecule has 0 fully saturated rings. The highest BCUT2D eigenvalue weighted by Gasteiger charge is 2.64. The van der Waals surface area contributed by atoms with Crippen molar-refractivity contribution in [1.82, 2.24) is 4.40 Å². The van der Waals surface area contributed by atoms with Crippen molar-refractivity contribution in [2.45, 2.75) is 62.2 Å². The lowest BCUT2D eigenvalue weighted by Crippen LogP contribution is -2.49. The van der Waals surface area contributed by atoms with Crippen LogP contribution in [0.1, 0.15) is 111 Å². The van der Waals surface area contributed by atoms with Gasteiger partial charge in [0.25, 0.3) is 0 Å². The van der Waals surface area contributed by atoms with Crippen molar-refractivity contribution in [3.63, 3.8) is 0 Å². The van der Waals surface area contributed by atoms with Crippen molar-refractivity contribution in [3.8, 4) is 66.8 Å². The summed E-state index contributed by atoms with van der Waals surface area (Å²) in [5, 5.41) is 4.48. The molecule has 93 heavy (non-hydrogen) atoms. The smallest absolute Gasteiger partial charge is 0.178 e. The first kappa shape index (κ1) is 51.7. The van der Waals surface area contributed by atoms with Crippen molar-refractivity contribution in [2.24, 2.45) is 0 Å². The van der Waals surface area contributed by atoms with E-state index in [1.807, 2.05) is 0 Å². The van der Waals surface area contributed by atoms with Crippen LogP contribution in [0, 0.1) is 27.7 Å². The molecule has 0 radical (unpaired) electrons. The number of fused-ring (bicyclic) bond motifs is 30. The quantitative estimate of drug-likeness (QED) is 0.173. The number of ketones is 2. The molecular weight excluding hydrogens is 1130 g/mol. The van der Waals surface area contributed by atoms with Gasteiger partial charge in [0, 0.05) is 43.5 Å². The second-order valence-electron chi connectivity index (χ2n) is 27.8. The molecule has 0 unspecified atom stereocenters. The number of benzene rings is 13. The molecular formula is C90H59NO2. The van der Waals surface area contributed by atoms with E-state index >= 15 is 9.59 Å². The molecule has 13 aromatic carbocycles. The first-order chi connectivity index (χ1) is 45.6. The van der Waals surface area contributed by atoms with E-state index in [1.54, 1.807) is 0 Å². The first-order valence-electron chi connectivity index (χ1n) is 33.0. The second kappa shape index (κ2) is 17.5. The monoisotopic (exact) mass is 1190 g/mol. The van der Waals surface area contributed by atoms with Gasteiger partial charge in [0.1, 0.15) is 0 Å². The third-order valence-corrected chi connectivity index (χ3v) is 23.8. The van der Waals surface area contributed by atoms with Gasteiger partial charge < -0.3 is 4.40 Å². The van der Waals surface area contributed by atoms with Crippen LogP contribution in [0.4, 0.5) is 0 Å². The molecule has 0 amide bonds. The number of carbonyl (C=O) groups is 2. The van der Waals surface area contributed by atoms with Crippen LogP contribution >= 0.6 is 0 Å². The molecule has 0 saturated heterocycles. The van der Waals surface area contributed by atoms with Gasteiger partial charge in [-0.1, -0.05) is 231 Å². The van der Waals surface area contributed by atoms with Crippen LogP contribution in [0.25, 0.3) is 105 Å². The number of hydrogen-bond acceptors (Lipinski definition) is 2. The lowest BCUT2D eigenvalue weighted by Gasteiger charge is -2.47. The Bertz CT molecular complexity index is 5420. The van der Waals surface area contributed by atoms with Crippen molar-refractivity contribution in [1.29, 1.82) is 0 Å². The van der Waals surface area contributed by atoms with Crippen LogP contribution in [-0.4, -0.2) is 16.0 Å². The lowest BCUT2D eigenvalue weighted by atomic mass is 9.53. The normalized spacial score (nSPS) is 16.3. The number of Topliss-reactive ketones (excluding diaryl/α,β-unsaturated/α-hetero) is 2. The molecule has 0 saturated carbocycles. The van der Waals surface area contributed by atoms with Crippen molar-refractivity contribution >= 4 is 49.7 Å². The number of aryl methyl sites for hydroxylation is 4. The van der Waals surface area contributed by atoms with E-state index in [2.05, 4.69) is 293 Å². The number of hydrogen-bond donors (Lipinski definition) is 0. The molecule has 3 nitrogen and oxygen atoms in total. The van der Waals surface area contributed by atoms with E-state index < -0.39 is 21.7 Å². The first-order valence-corrected chi connectivity index (χ1v) is 33.0.